The number of carbonyl (C=O) groups is 2. The number of piperidine rings is 2. The van der Waals surface area contributed by atoms with E-state index >= 15 is 0 Å². The van der Waals surface area contributed by atoms with Crippen LogP contribution in [-0.4, -0.2) is 64.6 Å². The Morgan fingerprint density at radius 2 is 1.78 bits per heavy atom. The Bertz CT molecular complexity index is 458. The Kier molecular flexibility index (Phi) is 4.92. The Balaban J connectivity index is 2.06. The van der Waals surface area contributed by atoms with Crippen molar-refractivity contribution < 1.29 is 24.5 Å². The van der Waals surface area contributed by atoms with Gasteiger partial charge in [-0.05, 0) is 53.0 Å². The van der Waals surface area contributed by atoms with Gasteiger partial charge in [0.2, 0.25) is 0 Å². The van der Waals surface area contributed by atoms with E-state index in [-0.39, 0.29) is 19.4 Å². The van der Waals surface area contributed by atoms with E-state index in [0.717, 1.165) is 13.0 Å². The zero-order valence-electron chi connectivity index (χ0n) is 14.2. The number of likely N-dealkylation sites (tertiary alicyclic amines) is 1. The van der Waals surface area contributed by atoms with Crippen molar-refractivity contribution in [2.45, 2.75) is 57.7 Å². The summed E-state index contributed by atoms with van der Waals surface area (Å²) in [5.74, 6) is -0.960. The number of aliphatic carboxylic acids is 1. The van der Waals surface area contributed by atoms with Crippen molar-refractivity contribution in [2.75, 3.05) is 26.2 Å². The number of carboxylic acids is 1. The highest BCUT2D eigenvalue weighted by molar-refractivity contribution is 5.77. The number of carboxylic acid groups (broad SMARTS) is 1. The van der Waals surface area contributed by atoms with Crippen LogP contribution in [-0.2, 0) is 9.53 Å². The Labute approximate surface area is 137 Å². The Hall–Kier alpha value is -1.34. The number of rotatable bonds is 2. The van der Waals surface area contributed by atoms with Crippen molar-refractivity contribution in [3.63, 3.8) is 0 Å². The van der Waals surface area contributed by atoms with Crippen molar-refractivity contribution >= 4 is 12.1 Å². The molecule has 2 aliphatic rings. The molecule has 0 bridgehead atoms. The molecule has 7 heteroatoms. The number of aliphatic hydroxyl groups is 1. The van der Waals surface area contributed by atoms with Crippen molar-refractivity contribution in [3.05, 3.63) is 0 Å². The van der Waals surface area contributed by atoms with E-state index in [0.29, 0.717) is 19.5 Å². The third kappa shape index (κ3) is 3.61. The molecule has 1 atom stereocenters. The Morgan fingerprint density at radius 1 is 1.17 bits per heavy atom. The first-order valence-corrected chi connectivity index (χ1v) is 8.24. The van der Waals surface area contributed by atoms with E-state index in [2.05, 4.69) is 5.32 Å². The van der Waals surface area contributed by atoms with Gasteiger partial charge in [-0.3, -0.25) is 4.79 Å². The van der Waals surface area contributed by atoms with Gasteiger partial charge >= 0.3 is 12.1 Å². The summed E-state index contributed by atoms with van der Waals surface area (Å²) in [5, 5.41) is 23.9. The number of ether oxygens (including phenoxy) is 1. The zero-order chi connectivity index (χ0) is 17.3. The average molecular weight is 328 g/mol. The van der Waals surface area contributed by atoms with E-state index in [1.807, 2.05) is 0 Å². The lowest BCUT2D eigenvalue weighted by Crippen LogP contribution is -2.64. The standard InChI is InChI=1S/C16H28N2O5/c1-14(2,3)23-13(21)18-9-6-16(22,7-10-18)15(12(19)20)5-4-8-17-11-15/h17,22H,4-11H2,1-3H3,(H,19,20). The van der Waals surface area contributed by atoms with Crippen molar-refractivity contribution in [3.8, 4) is 0 Å². The molecule has 23 heavy (non-hydrogen) atoms. The first-order valence-electron chi connectivity index (χ1n) is 8.24. The van der Waals surface area contributed by atoms with Gasteiger partial charge in [-0.25, -0.2) is 4.79 Å². The second-order valence-corrected chi connectivity index (χ2v) is 7.67. The maximum absolute atomic E-state index is 12.1. The van der Waals surface area contributed by atoms with Crippen LogP contribution in [0, 0.1) is 5.41 Å². The molecule has 0 radical (unpaired) electrons. The molecule has 0 aromatic heterocycles. The van der Waals surface area contributed by atoms with Gasteiger partial charge in [0.25, 0.3) is 0 Å². The molecule has 1 amide bonds. The predicted octanol–water partition coefficient (Wildman–Crippen LogP) is 1.20. The minimum atomic E-state index is -1.30. The fourth-order valence-corrected chi connectivity index (χ4v) is 3.55. The van der Waals surface area contributed by atoms with E-state index in [1.165, 1.54) is 0 Å². The summed E-state index contributed by atoms with van der Waals surface area (Å²) >= 11 is 0. The SMILES string of the molecule is CC(C)(C)OC(=O)N1CCC(O)(C2(C(=O)O)CCCNC2)CC1. The Morgan fingerprint density at radius 3 is 2.22 bits per heavy atom. The normalized spacial score (nSPS) is 28.3. The van der Waals surface area contributed by atoms with Crippen LogP contribution >= 0.6 is 0 Å². The summed E-state index contributed by atoms with van der Waals surface area (Å²) in [7, 11) is 0. The van der Waals surface area contributed by atoms with Crippen molar-refractivity contribution in [2.24, 2.45) is 5.41 Å². The maximum Gasteiger partial charge on any atom is 0.410 e. The van der Waals surface area contributed by atoms with E-state index in [4.69, 9.17) is 4.74 Å². The topological polar surface area (TPSA) is 99.1 Å². The summed E-state index contributed by atoms with van der Waals surface area (Å²) in [4.78, 5) is 25.5. The summed E-state index contributed by atoms with van der Waals surface area (Å²) in [6, 6.07) is 0. The average Bonchev–Trinajstić information content (AvgIpc) is 2.46. The van der Waals surface area contributed by atoms with Gasteiger partial charge in [-0.15, -0.1) is 0 Å². The first-order chi connectivity index (χ1) is 10.6. The number of hydrogen-bond acceptors (Lipinski definition) is 5. The second kappa shape index (κ2) is 6.28. The molecule has 0 spiro atoms. The molecule has 1 unspecified atom stereocenters. The quantitative estimate of drug-likeness (QED) is 0.704. The molecule has 132 valence electrons. The van der Waals surface area contributed by atoms with Crippen LogP contribution in [0.3, 0.4) is 0 Å². The van der Waals surface area contributed by atoms with Crippen LogP contribution in [0.1, 0.15) is 46.5 Å². The molecule has 3 N–H and O–H groups in total. The number of nitrogens with zero attached hydrogens (tertiary/aromatic N) is 1. The lowest BCUT2D eigenvalue weighted by Gasteiger charge is -2.50. The van der Waals surface area contributed by atoms with E-state index < -0.39 is 28.7 Å². The molecular formula is C16H28N2O5. The molecule has 2 heterocycles. The summed E-state index contributed by atoms with van der Waals surface area (Å²) < 4.78 is 5.34. The lowest BCUT2D eigenvalue weighted by molar-refractivity contribution is -0.180. The second-order valence-electron chi connectivity index (χ2n) is 7.67. The molecule has 0 aromatic rings. The molecular weight excluding hydrogens is 300 g/mol. The van der Waals surface area contributed by atoms with Gasteiger partial charge in [0.15, 0.2) is 0 Å². The monoisotopic (exact) mass is 328 g/mol. The van der Waals surface area contributed by atoms with Gasteiger partial charge in [-0.1, -0.05) is 0 Å². The zero-order valence-corrected chi connectivity index (χ0v) is 14.2. The van der Waals surface area contributed by atoms with Crippen LogP contribution in [0.5, 0.6) is 0 Å². The van der Waals surface area contributed by atoms with E-state index in [9.17, 15) is 19.8 Å². The molecule has 2 aliphatic heterocycles. The number of hydrogen-bond donors (Lipinski definition) is 3. The first kappa shape index (κ1) is 18.0. The summed E-state index contributed by atoms with van der Waals surface area (Å²) in [5.41, 5.74) is -3.05. The summed E-state index contributed by atoms with van der Waals surface area (Å²) in [6.07, 6.45) is 1.27. The summed E-state index contributed by atoms with van der Waals surface area (Å²) in [6.45, 7) is 7.07. The minimum absolute atomic E-state index is 0.250. The van der Waals surface area contributed by atoms with Crippen LogP contribution in [0.25, 0.3) is 0 Å². The number of amides is 1. The highest BCUT2D eigenvalue weighted by atomic mass is 16.6. The molecule has 0 aliphatic carbocycles. The van der Waals surface area contributed by atoms with Crippen molar-refractivity contribution in [1.29, 1.82) is 0 Å². The highest BCUT2D eigenvalue weighted by Crippen LogP contribution is 2.44. The van der Waals surface area contributed by atoms with Crippen LogP contribution in [0.4, 0.5) is 4.79 Å². The number of nitrogens with one attached hydrogen (secondary N) is 1. The predicted molar refractivity (Wildman–Crippen MR) is 84.2 cm³/mol. The largest absolute Gasteiger partial charge is 0.481 e. The third-order valence-corrected chi connectivity index (χ3v) is 4.93. The molecule has 0 saturated carbocycles. The molecule has 2 rings (SSSR count). The van der Waals surface area contributed by atoms with Crippen LogP contribution < -0.4 is 5.32 Å². The fourth-order valence-electron chi connectivity index (χ4n) is 3.55. The van der Waals surface area contributed by atoms with Gasteiger partial charge in [-0.2, -0.15) is 0 Å². The van der Waals surface area contributed by atoms with Gasteiger partial charge in [0, 0.05) is 19.6 Å². The highest BCUT2D eigenvalue weighted by Gasteiger charge is 2.57. The number of carbonyl (C=O) groups excluding carboxylic acids is 1. The molecule has 2 saturated heterocycles. The van der Waals surface area contributed by atoms with Gasteiger partial charge in [0.05, 0.1) is 5.60 Å². The van der Waals surface area contributed by atoms with E-state index in [1.54, 1.807) is 25.7 Å². The molecule has 2 fully saturated rings. The van der Waals surface area contributed by atoms with Crippen molar-refractivity contribution in [1.82, 2.24) is 10.2 Å². The molecule has 7 nitrogen and oxygen atoms in total. The lowest BCUT2D eigenvalue weighted by atomic mass is 9.63. The minimum Gasteiger partial charge on any atom is -0.481 e. The van der Waals surface area contributed by atoms with Gasteiger partial charge in [0.1, 0.15) is 11.0 Å². The fraction of sp³-hybridized carbons (Fsp3) is 0.875. The third-order valence-electron chi connectivity index (χ3n) is 4.93. The van der Waals surface area contributed by atoms with Crippen LogP contribution in [0.2, 0.25) is 0 Å². The van der Waals surface area contributed by atoms with Crippen LogP contribution in [0.15, 0.2) is 0 Å². The molecule has 0 aromatic carbocycles. The maximum atomic E-state index is 12.1. The smallest absolute Gasteiger partial charge is 0.410 e. The van der Waals surface area contributed by atoms with Gasteiger partial charge < -0.3 is 25.2 Å².